The maximum atomic E-state index is 11.7. The van der Waals surface area contributed by atoms with Crippen LogP contribution in [-0.2, 0) is 14.3 Å². The summed E-state index contributed by atoms with van der Waals surface area (Å²) in [5, 5.41) is 0. The number of hydrogen-bond donors (Lipinski definition) is 0. The van der Waals surface area contributed by atoms with E-state index in [4.69, 9.17) is 9.47 Å². The predicted molar refractivity (Wildman–Crippen MR) is 80.8 cm³/mol. The van der Waals surface area contributed by atoms with Crippen LogP contribution in [0.25, 0.3) is 0 Å². The molecular formula is C16H22O3Se. The summed E-state index contributed by atoms with van der Waals surface area (Å²) in [5.41, 5.74) is 4.04. The van der Waals surface area contributed by atoms with Crippen LogP contribution < -0.4 is 4.46 Å². The second-order valence-corrected chi connectivity index (χ2v) is 8.03. The second kappa shape index (κ2) is 6.75. The van der Waals surface area contributed by atoms with Gasteiger partial charge in [-0.05, 0) is 0 Å². The molecule has 1 heterocycles. The summed E-state index contributed by atoms with van der Waals surface area (Å²) in [4.78, 5) is 12.2. The zero-order valence-electron chi connectivity index (χ0n) is 12.6. The first-order chi connectivity index (χ1) is 9.51. The zero-order chi connectivity index (χ0) is 14.7. The van der Waals surface area contributed by atoms with Gasteiger partial charge in [0.1, 0.15) is 0 Å². The molecule has 1 aromatic carbocycles. The SMILES string of the molecule is CCOC(=O)[C@@H]1C[C@@H]([Se]c2c(C)cc(C)cc2C)CO1. The number of hydrogen-bond acceptors (Lipinski definition) is 3. The molecule has 2 atom stereocenters. The summed E-state index contributed by atoms with van der Waals surface area (Å²) in [6.45, 7) is 9.41. The van der Waals surface area contributed by atoms with Gasteiger partial charge in [-0.15, -0.1) is 0 Å². The fourth-order valence-electron chi connectivity index (χ4n) is 2.60. The van der Waals surface area contributed by atoms with Gasteiger partial charge < -0.3 is 0 Å². The van der Waals surface area contributed by atoms with Crippen LogP contribution in [0.1, 0.15) is 30.0 Å². The van der Waals surface area contributed by atoms with Gasteiger partial charge in [0.2, 0.25) is 0 Å². The van der Waals surface area contributed by atoms with E-state index in [0.29, 0.717) is 33.0 Å². The van der Waals surface area contributed by atoms with Gasteiger partial charge in [-0.1, -0.05) is 0 Å². The molecule has 0 saturated carbocycles. The Morgan fingerprint density at radius 1 is 1.35 bits per heavy atom. The molecule has 1 aliphatic heterocycles. The second-order valence-electron chi connectivity index (χ2n) is 5.28. The minimum atomic E-state index is -0.354. The molecule has 3 nitrogen and oxygen atoms in total. The van der Waals surface area contributed by atoms with Crippen LogP contribution in [0.2, 0.25) is 4.82 Å². The van der Waals surface area contributed by atoms with E-state index < -0.39 is 0 Å². The van der Waals surface area contributed by atoms with Gasteiger partial charge in [-0.25, -0.2) is 0 Å². The molecule has 2 rings (SSSR count). The van der Waals surface area contributed by atoms with E-state index >= 15 is 0 Å². The van der Waals surface area contributed by atoms with Gasteiger partial charge in [-0.2, -0.15) is 0 Å². The molecule has 0 N–H and O–H groups in total. The third-order valence-electron chi connectivity index (χ3n) is 3.40. The topological polar surface area (TPSA) is 35.5 Å². The molecule has 4 heteroatoms. The van der Waals surface area contributed by atoms with Crippen molar-refractivity contribution in [3.63, 3.8) is 0 Å². The van der Waals surface area contributed by atoms with E-state index in [-0.39, 0.29) is 12.1 Å². The maximum absolute atomic E-state index is 11.7. The Kier molecular flexibility index (Phi) is 5.25. The zero-order valence-corrected chi connectivity index (χ0v) is 14.3. The van der Waals surface area contributed by atoms with Crippen molar-refractivity contribution in [3.8, 4) is 0 Å². The van der Waals surface area contributed by atoms with Crippen molar-refractivity contribution in [2.75, 3.05) is 13.2 Å². The number of aryl methyl sites for hydroxylation is 3. The first kappa shape index (κ1) is 15.6. The predicted octanol–water partition coefficient (Wildman–Crippen LogP) is 2.08. The molecule has 0 spiro atoms. The van der Waals surface area contributed by atoms with Gasteiger partial charge in [0, 0.05) is 0 Å². The molecular weight excluding hydrogens is 319 g/mol. The molecule has 1 aliphatic rings. The summed E-state index contributed by atoms with van der Waals surface area (Å²) >= 11 is 0.350. The summed E-state index contributed by atoms with van der Waals surface area (Å²) in [5.74, 6) is -0.205. The summed E-state index contributed by atoms with van der Waals surface area (Å²) < 4.78 is 12.1. The van der Waals surface area contributed by atoms with E-state index in [1.807, 2.05) is 6.92 Å². The standard InChI is InChI=1S/C16H22O3Se/c1-5-18-16(17)14-8-13(9-19-14)20-15-11(3)6-10(2)7-12(15)4/h6-7,13-14H,5,8-9H2,1-4H3/t13-,14+/m1/s1. The molecule has 0 radical (unpaired) electrons. The quantitative estimate of drug-likeness (QED) is 0.621. The monoisotopic (exact) mass is 342 g/mol. The summed E-state index contributed by atoms with van der Waals surface area (Å²) in [7, 11) is 0. The van der Waals surface area contributed by atoms with Crippen molar-refractivity contribution < 1.29 is 14.3 Å². The van der Waals surface area contributed by atoms with Crippen LogP contribution in [0.3, 0.4) is 0 Å². The molecule has 20 heavy (non-hydrogen) atoms. The van der Waals surface area contributed by atoms with Crippen LogP contribution in [0, 0.1) is 20.8 Å². The Morgan fingerprint density at radius 3 is 2.60 bits per heavy atom. The van der Waals surface area contributed by atoms with Gasteiger partial charge >= 0.3 is 127 Å². The van der Waals surface area contributed by atoms with Gasteiger partial charge in [0.15, 0.2) is 0 Å². The Bertz CT molecular complexity index is 475. The van der Waals surface area contributed by atoms with Crippen LogP contribution in [0.4, 0.5) is 0 Å². The number of esters is 1. The third kappa shape index (κ3) is 3.63. The molecule has 0 amide bonds. The number of benzene rings is 1. The average Bonchev–Trinajstić information content (AvgIpc) is 2.82. The molecule has 0 aromatic heterocycles. The van der Waals surface area contributed by atoms with Crippen molar-refractivity contribution in [3.05, 3.63) is 28.8 Å². The van der Waals surface area contributed by atoms with Crippen LogP contribution in [0.5, 0.6) is 0 Å². The average molecular weight is 341 g/mol. The molecule has 110 valence electrons. The minimum absolute atomic E-state index is 0.205. The molecule has 1 fully saturated rings. The summed E-state index contributed by atoms with van der Waals surface area (Å²) in [6.07, 6.45) is 0.443. The number of carbonyl (C=O) groups is 1. The first-order valence-electron chi connectivity index (χ1n) is 7.04. The van der Waals surface area contributed by atoms with E-state index in [2.05, 4.69) is 32.9 Å². The molecule has 1 aromatic rings. The normalized spacial score (nSPS) is 22.0. The number of ether oxygens (including phenoxy) is 2. The van der Waals surface area contributed by atoms with E-state index in [0.717, 1.165) is 6.42 Å². The van der Waals surface area contributed by atoms with Gasteiger partial charge in [0.25, 0.3) is 0 Å². The number of rotatable bonds is 4. The third-order valence-corrected chi connectivity index (χ3v) is 6.63. The Balaban J connectivity index is 2.01. The van der Waals surface area contributed by atoms with E-state index in [1.54, 1.807) is 0 Å². The Morgan fingerprint density at radius 2 is 2.00 bits per heavy atom. The molecule has 0 bridgehead atoms. The molecule has 0 aliphatic carbocycles. The Hall–Kier alpha value is -0.831. The van der Waals surface area contributed by atoms with Crippen LogP contribution in [0.15, 0.2) is 12.1 Å². The Labute approximate surface area is 127 Å². The molecule has 1 saturated heterocycles. The van der Waals surface area contributed by atoms with Crippen LogP contribution >= 0.6 is 0 Å². The van der Waals surface area contributed by atoms with Crippen LogP contribution in [-0.4, -0.2) is 40.2 Å². The first-order valence-corrected chi connectivity index (χ1v) is 8.88. The van der Waals surface area contributed by atoms with Gasteiger partial charge in [-0.3, -0.25) is 0 Å². The summed E-state index contributed by atoms with van der Waals surface area (Å²) in [6, 6.07) is 4.48. The molecule has 0 unspecified atom stereocenters. The fraction of sp³-hybridized carbons (Fsp3) is 0.562. The fourth-order valence-corrected chi connectivity index (χ4v) is 5.20. The van der Waals surface area contributed by atoms with Crippen molar-refractivity contribution in [2.24, 2.45) is 0 Å². The van der Waals surface area contributed by atoms with Gasteiger partial charge in [0.05, 0.1) is 0 Å². The van der Waals surface area contributed by atoms with Crippen molar-refractivity contribution >= 4 is 25.4 Å². The number of carbonyl (C=O) groups excluding carboxylic acids is 1. The van der Waals surface area contributed by atoms with Crippen molar-refractivity contribution in [1.82, 2.24) is 0 Å². The van der Waals surface area contributed by atoms with Crippen molar-refractivity contribution in [1.29, 1.82) is 0 Å². The van der Waals surface area contributed by atoms with E-state index in [1.165, 1.54) is 21.2 Å². The van der Waals surface area contributed by atoms with E-state index in [9.17, 15) is 4.79 Å². The van der Waals surface area contributed by atoms with Crippen molar-refractivity contribution in [2.45, 2.75) is 45.0 Å².